The molecule has 0 atom stereocenters. The number of aromatic nitrogens is 1. The minimum atomic E-state index is -3.69. The summed E-state index contributed by atoms with van der Waals surface area (Å²) in [4.78, 5) is 23.9. The molecule has 11 heteroatoms. The van der Waals surface area contributed by atoms with Crippen molar-refractivity contribution >= 4 is 39.1 Å². The van der Waals surface area contributed by atoms with Crippen molar-refractivity contribution in [3.8, 4) is 5.75 Å². The molecule has 0 spiro atoms. The second-order valence-electron chi connectivity index (χ2n) is 6.47. The number of nitrogens with one attached hydrogen (secondary N) is 1. The van der Waals surface area contributed by atoms with Gasteiger partial charge in [0.05, 0.1) is 20.5 Å². The van der Waals surface area contributed by atoms with E-state index in [9.17, 15) is 23.1 Å². The summed E-state index contributed by atoms with van der Waals surface area (Å²) in [6.45, 7) is 0.664. The predicted octanol–water partition coefficient (Wildman–Crippen LogP) is 1.45. The van der Waals surface area contributed by atoms with E-state index in [1.807, 2.05) is 0 Å². The number of rotatable bonds is 5. The Morgan fingerprint density at radius 3 is 2.57 bits per heavy atom. The molecule has 0 bridgehead atoms. The van der Waals surface area contributed by atoms with Crippen molar-refractivity contribution in [3.05, 3.63) is 56.4 Å². The molecule has 1 saturated heterocycles. The van der Waals surface area contributed by atoms with Crippen molar-refractivity contribution in [1.82, 2.24) is 14.2 Å². The van der Waals surface area contributed by atoms with Gasteiger partial charge in [0.1, 0.15) is 0 Å². The number of hydrogen-bond acceptors (Lipinski definition) is 5. The summed E-state index contributed by atoms with van der Waals surface area (Å²) in [6.07, 6.45) is 1.38. The Morgan fingerprint density at radius 2 is 1.93 bits per heavy atom. The Kier molecular flexibility index (Phi) is 5.72. The highest BCUT2D eigenvalue weighted by atomic mass is 35.5. The van der Waals surface area contributed by atoms with Crippen molar-refractivity contribution in [1.29, 1.82) is 0 Å². The lowest BCUT2D eigenvalue weighted by atomic mass is 10.0. The summed E-state index contributed by atoms with van der Waals surface area (Å²) in [7, 11) is -2.23. The Balaban J connectivity index is 1.58. The first-order chi connectivity index (χ1) is 13.1. The molecule has 2 N–H and O–H groups in total. The molecule has 2 aromatic rings. The molecule has 1 aromatic heterocycles. The van der Waals surface area contributed by atoms with E-state index >= 15 is 0 Å². The minimum absolute atomic E-state index is 0.0504. The summed E-state index contributed by atoms with van der Waals surface area (Å²) < 4.78 is 27.6. The quantitative estimate of drug-likeness (QED) is 0.723. The molecule has 2 heterocycles. The zero-order valence-corrected chi connectivity index (χ0v) is 17.1. The van der Waals surface area contributed by atoms with Crippen molar-refractivity contribution < 1.29 is 18.3 Å². The maximum atomic E-state index is 12.6. The second-order valence-corrected chi connectivity index (χ2v) is 9.22. The van der Waals surface area contributed by atoms with Crippen LogP contribution in [-0.4, -0.2) is 47.9 Å². The molecule has 0 radical (unpaired) electrons. The largest absolute Gasteiger partial charge is 0.502 e. The van der Waals surface area contributed by atoms with Crippen LogP contribution in [0.3, 0.4) is 0 Å². The highest BCUT2D eigenvalue weighted by Crippen LogP contribution is 2.29. The number of pyridine rings is 1. The number of halogens is 2. The Labute approximate surface area is 171 Å². The molecular weight excluding hydrogens is 429 g/mol. The van der Waals surface area contributed by atoms with E-state index in [2.05, 4.69) is 5.32 Å². The van der Waals surface area contributed by atoms with E-state index < -0.39 is 27.2 Å². The van der Waals surface area contributed by atoms with Crippen LogP contribution < -0.4 is 10.9 Å². The van der Waals surface area contributed by atoms with Crippen LogP contribution in [0.25, 0.3) is 0 Å². The maximum Gasteiger partial charge on any atom is 0.293 e. The third-order valence-electron chi connectivity index (χ3n) is 4.49. The molecule has 1 amide bonds. The Bertz CT molecular complexity index is 1090. The fourth-order valence-corrected chi connectivity index (χ4v) is 4.75. The SMILES string of the molecule is Cn1ccc(C(=O)NCC2CN(S(=O)(=O)c3ccc(Cl)c(Cl)c3)C2)c(O)c1=O. The van der Waals surface area contributed by atoms with Crippen LogP contribution in [0.1, 0.15) is 10.4 Å². The molecule has 1 aromatic carbocycles. The number of amides is 1. The Hall–Kier alpha value is -2.07. The van der Waals surface area contributed by atoms with Gasteiger partial charge in [0.25, 0.3) is 11.5 Å². The molecule has 0 saturated carbocycles. The van der Waals surface area contributed by atoms with Gasteiger partial charge in [0.15, 0.2) is 5.75 Å². The topological polar surface area (TPSA) is 109 Å². The normalized spacial score (nSPS) is 15.2. The smallest absolute Gasteiger partial charge is 0.293 e. The molecule has 1 aliphatic rings. The molecule has 0 unspecified atom stereocenters. The minimum Gasteiger partial charge on any atom is -0.502 e. The van der Waals surface area contributed by atoms with E-state index in [4.69, 9.17) is 23.2 Å². The van der Waals surface area contributed by atoms with Gasteiger partial charge in [-0.1, -0.05) is 23.2 Å². The summed E-state index contributed by atoms with van der Waals surface area (Å²) >= 11 is 11.7. The average molecular weight is 446 g/mol. The fraction of sp³-hybridized carbons (Fsp3) is 0.294. The number of hydrogen-bond donors (Lipinski definition) is 2. The lowest BCUT2D eigenvalue weighted by molar-refractivity contribution is 0.0926. The van der Waals surface area contributed by atoms with Gasteiger partial charge in [-0.05, 0) is 24.3 Å². The van der Waals surface area contributed by atoms with Crippen LogP contribution in [0, 0.1) is 5.92 Å². The highest BCUT2D eigenvalue weighted by Gasteiger charge is 2.37. The number of aryl methyl sites for hydroxylation is 1. The molecule has 1 fully saturated rings. The fourth-order valence-electron chi connectivity index (χ4n) is 2.76. The van der Waals surface area contributed by atoms with E-state index in [0.717, 1.165) is 4.57 Å². The zero-order chi connectivity index (χ0) is 20.6. The first-order valence-corrected chi connectivity index (χ1v) is 10.4. The number of benzene rings is 1. The number of aromatic hydroxyl groups is 1. The van der Waals surface area contributed by atoms with Crippen LogP contribution in [0.15, 0.2) is 40.2 Å². The molecule has 0 aliphatic carbocycles. The molecule has 150 valence electrons. The standard InChI is InChI=1S/C17H17Cl2N3O5S/c1-21-5-4-12(15(23)17(21)25)16(24)20-7-10-8-22(9-10)28(26,27)11-2-3-13(18)14(19)6-11/h2-6,10,23H,7-9H2,1H3,(H,20,24). The van der Waals surface area contributed by atoms with Crippen molar-refractivity contribution in [2.45, 2.75) is 4.90 Å². The molecule has 8 nitrogen and oxygen atoms in total. The van der Waals surface area contributed by atoms with E-state index in [1.54, 1.807) is 0 Å². The monoisotopic (exact) mass is 445 g/mol. The van der Waals surface area contributed by atoms with Crippen LogP contribution in [0.2, 0.25) is 10.0 Å². The zero-order valence-electron chi connectivity index (χ0n) is 14.7. The van der Waals surface area contributed by atoms with Crippen LogP contribution >= 0.6 is 23.2 Å². The number of carbonyl (C=O) groups excluding carboxylic acids is 1. The molecule has 3 rings (SSSR count). The van der Waals surface area contributed by atoms with Crippen LogP contribution in [-0.2, 0) is 17.1 Å². The molecular formula is C17H17Cl2N3O5S. The number of nitrogens with zero attached hydrogens (tertiary/aromatic N) is 2. The summed E-state index contributed by atoms with van der Waals surface area (Å²) in [5.41, 5.74) is -0.794. The van der Waals surface area contributed by atoms with E-state index in [0.29, 0.717) is 0 Å². The van der Waals surface area contributed by atoms with Crippen LogP contribution in [0.5, 0.6) is 5.75 Å². The van der Waals surface area contributed by atoms with E-state index in [-0.39, 0.29) is 46.1 Å². The first-order valence-electron chi connectivity index (χ1n) is 8.23. The first kappa shape index (κ1) is 20.7. The lowest BCUT2D eigenvalue weighted by Gasteiger charge is -2.38. The second kappa shape index (κ2) is 7.75. The van der Waals surface area contributed by atoms with Crippen molar-refractivity contribution in [3.63, 3.8) is 0 Å². The summed E-state index contributed by atoms with van der Waals surface area (Å²) in [5, 5.41) is 12.8. The summed E-state index contributed by atoms with van der Waals surface area (Å²) in [6, 6.07) is 5.45. The van der Waals surface area contributed by atoms with Gasteiger partial charge < -0.3 is 15.0 Å². The number of sulfonamides is 1. The van der Waals surface area contributed by atoms with Gasteiger partial charge in [0, 0.05) is 38.8 Å². The van der Waals surface area contributed by atoms with Gasteiger partial charge in [-0.3, -0.25) is 9.59 Å². The van der Waals surface area contributed by atoms with Gasteiger partial charge in [0.2, 0.25) is 10.0 Å². The highest BCUT2D eigenvalue weighted by molar-refractivity contribution is 7.89. The average Bonchev–Trinajstić information content (AvgIpc) is 2.60. The van der Waals surface area contributed by atoms with Crippen LogP contribution in [0.4, 0.5) is 0 Å². The third kappa shape index (κ3) is 3.88. The maximum absolute atomic E-state index is 12.6. The van der Waals surface area contributed by atoms with Gasteiger partial charge >= 0.3 is 0 Å². The molecule has 1 aliphatic heterocycles. The van der Waals surface area contributed by atoms with Crippen molar-refractivity contribution in [2.75, 3.05) is 19.6 Å². The van der Waals surface area contributed by atoms with Gasteiger partial charge in [-0.15, -0.1) is 0 Å². The lowest BCUT2D eigenvalue weighted by Crippen LogP contribution is -2.53. The number of carbonyl (C=O) groups is 1. The van der Waals surface area contributed by atoms with Crippen molar-refractivity contribution in [2.24, 2.45) is 13.0 Å². The van der Waals surface area contributed by atoms with Gasteiger partial charge in [-0.25, -0.2) is 8.42 Å². The Morgan fingerprint density at radius 1 is 1.25 bits per heavy atom. The third-order valence-corrected chi connectivity index (χ3v) is 7.06. The predicted molar refractivity (Wildman–Crippen MR) is 104 cm³/mol. The van der Waals surface area contributed by atoms with E-state index in [1.165, 1.54) is 41.8 Å². The molecule has 28 heavy (non-hydrogen) atoms. The van der Waals surface area contributed by atoms with Gasteiger partial charge in [-0.2, -0.15) is 4.31 Å². The summed E-state index contributed by atoms with van der Waals surface area (Å²) in [5.74, 6) is -1.31.